The minimum atomic E-state index is -0.527. The van der Waals surface area contributed by atoms with Crippen LogP contribution >= 0.6 is 0 Å². The maximum Gasteiger partial charge on any atom is 0.296 e. The highest BCUT2D eigenvalue weighted by Crippen LogP contribution is 2.27. The minimum absolute atomic E-state index is 0.0396. The van der Waals surface area contributed by atoms with Gasteiger partial charge in [-0.05, 0) is 18.6 Å². The van der Waals surface area contributed by atoms with Crippen molar-refractivity contribution in [1.29, 1.82) is 0 Å². The number of hydrogen-bond donors (Lipinski definition) is 2. The Balaban J connectivity index is 1.66. The van der Waals surface area contributed by atoms with Gasteiger partial charge >= 0.3 is 0 Å². The van der Waals surface area contributed by atoms with Crippen molar-refractivity contribution in [1.82, 2.24) is 24.5 Å². The van der Waals surface area contributed by atoms with Crippen LogP contribution in [-0.4, -0.2) is 70.3 Å². The molecule has 2 N–H and O–H groups in total. The molecule has 3 aromatic rings. The van der Waals surface area contributed by atoms with Crippen LogP contribution in [0.25, 0.3) is 5.65 Å². The maximum atomic E-state index is 12.7. The SMILES string of the molecule is CNc1cc(Nc2cccnc2OC)nn2c(C(=O)/N=C/C3CCN(C)C3=O)cnc12. The predicted molar refractivity (Wildman–Crippen MR) is 115 cm³/mol. The molecule has 1 aliphatic rings. The highest BCUT2D eigenvalue weighted by atomic mass is 16.5. The second kappa shape index (κ2) is 8.38. The lowest BCUT2D eigenvalue weighted by atomic mass is 10.1. The lowest BCUT2D eigenvalue weighted by Gasteiger charge is -2.11. The highest BCUT2D eigenvalue weighted by molar-refractivity contribution is 6.03. The summed E-state index contributed by atoms with van der Waals surface area (Å²) < 4.78 is 6.68. The number of anilines is 3. The summed E-state index contributed by atoms with van der Waals surface area (Å²) in [4.78, 5) is 38.9. The molecular weight excluding hydrogens is 400 g/mol. The topological polar surface area (TPSA) is 126 Å². The number of likely N-dealkylation sites (tertiary alicyclic amines) is 1. The average molecular weight is 422 g/mol. The van der Waals surface area contributed by atoms with Gasteiger partial charge in [0.05, 0.1) is 24.9 Å². The monoisotopic (exact) mass is 422 g/mol. The number of hydrogen-bond acceptors (Lipinski definition) is 8. The molecule has 0 aliphatic carbocycles. The number of methoxy groups -OCH3 is 1. The lowest BCUT2D eigenvalue weighted by molar-refractivity contribution is -0.128. The van der Waals surface area contributed by atoms with E-state index in [9.17, 15) is 9.59 Å². The number of fused-ring (bicyclic) bond motifs is 1. The van der Waals surface area contributed by atoms with Crippen molar-refractivity contribution in [3.63, 3.8) is 0 Å². The van der Waals surface area contributed by atoms with Gasteiger partial charge in [0.2, 0.25) is 11.8 Å². The molecule has 31 heavy (non-hydrogen) atoms. The van der Waals surface area contributed by atoms with Crippen LogP contribution in [0.3, 0.4) is 0 Å². The second-order valence-corrected chi connectivity index (χ2v) is 7.00. The fourth-order valence-corrected chi connectivity index (χ4v) is 3.36. The molecule has 4 heterocycles. The highest BCUT2D eigenvalue weighted by Gasteiger charge is 2.28. The number of carbonyl (C=O) groups excluding carboxylic acids is 2. The van der Waals surface area contributed by atoms with Gasteiger partial charge in [0, 0.05) is 39.1 Å². The summed E-state index contributed by atoms with van der Waals surface area (Å²) in [7, 11) is 5.01. The van der Waals surface area contributed by atoms with Gasteiger partial charge in [-0.25, -0.2) is 19.5 Å². The van der Waals surface area contributed by atoms with Gasteiger partial charge in [0.1, 0.15) is 5.69 Å². The number of amides is 2. The van der Waals surface area contributed by atoms with E-state index in [-0.39, 0.29) is 17.5 Å². The van der Waals surface area contributed by atoms with E-state index in [0.717, 1.165) is 0 Å². The molecule has 1 unspecified atom stereocenters. The van der Waals surface area contributed by atoms with Crippen molar-refractivity contribution in [2.45, 2.75) is 6.42 Å². The molecule has 2 amide bonds. The number of imidazole rings is 1. The lowest BCUT2D eigenvalue weighted by Crippen LogP contribution is -2.23. The van der Waals surface area contributed by atoms with E-state index >= 15 is 0 Å². The molecule has 160 valence electrons. The van der Waals surface area contributed by atoms with Gasteiger partial charge in [0.25, 0.3) is 5.91 Å². The molecule has 11 nitrogen and oxygen atoms in total. The van der Waals surface area contributed by atoms with E-state index < -0.39 is 5.91 Å². The van der Waals surface area contributed by atoms with Gasteiger partial charge in [-0.3, -0.25) is 9.59 Å². The Kier molecular flexibility index (Phi) is 5.48. The van der Waals surface area contributed by atoms with Crippen molar-refractivity contribution in [2.24, 2.45) is 10.9 Å². The van der Waals surface area contributed by atoms with E-state index in [1.54, 1.807) is 43.4 Å². The Morgan fingerprint density at radius 1 is 1.35 bits per heavy atom. The van der Waals surface area contributed by atoms with Crippen LogP contribution in [0.2, 0.25) is 0 Å². The summed E-state index contributed by atoms with van der Waals surface area (Å²) in [5.41, 5.74) is 1.94. The molecule has 3 aromatic heterocycles. The molecule has 4 rings (SSSR count). The maximum absolute atomic E-state index is 12.7. The number of nitrogens with zero attached hydrogens (tertiary/aromatic N) is 6. The fraction of sp³-hybridized carbons (Fsp3) is 0.300. The molecule has 1 saturated heterocycles. The molecule has 0 saturated carbocycles. The first-order valence-corrected chi connectivity index (χ1v) is 9.68. The van der Waals surface area contributed by atoms with Crippen LogP contribution in [-0.2, 0) is 4.79 Å². The Labute approximate surface area is 178 Å². The predicted octanol–water partition coefficient (Wildman–Crippen LogP) is 1.61. The van der Waals surface area contributed by atoms with E-state index in [1.165, 1.54) is 24.0 Å². The minimum Gasteiger partial charge on any atom is -0.480 e. The number of ether oxygens (including phenoxy) is 1. The Bertz CT molecular complexity index is 1170. The van der Waals surface area contributed by atoms with Gasteiger partial charge in [-0.15, -0.1) is 5.10 Å². The van der Waals surface area contributed by atoms with Crippen LogP contribution in [0.15, 0.2) is 35.6 Å². The summed E-state index contributed by atoms with van der Waals surface area (Å²) in [6.07, 6.45) is 5.09. The molecule has 1 atom stereocenters. The third-order valence-electron chi connectivity index (χ3n) is 5.02. The first kappa shape index (κ1) is 20.3. The second-order valence-electron chi connectivity index (χ2n) is 7.00. The molecule has 11 heteroatoms. The quantitative estimate of drug-likeness (QED) is 0.574. The number of carbonyl (C=O) groups is 2. The van der Waals surface area contributed by atoms with Crippen molar-refractivity contribution in [3.05, 3.63) is 36.3 Å². The van der Waals surface area contributed by atoms with E-state index in [1.807, 2.05) is 0 Å². The standard InChI is InChI=1S/C20H22N8O3/c1-21-14-9-16(25-13-5-4-7-22-19(13)31-3)26-28-15(11-23-17(14)28)18(29)24-10-12-6-8-27(2)20(12)30/h4-5,7,9-12,21H,6,8H2,1-3H3,(H,25,26)/b24-10+. The first-order chi connectivity index (χ1) is 15.0. The normalized spacial score (nSPS) is 16.3. The van der Waals surface area contributed by atoms with Crippen LogP contribution in [0.1, 0.15) is 16.9 Å². The molecular formula is C20H22N8O3. The molecule has 0 radical (unpaired) electrons. The van der Waals surface area contributed by atoms with Crippen LogP contribution in [0, 0.1) is 5.92 Å². The van der Waals surface area contributed by atoms with Gasteiger partial charge in [0.15, 0.2) is 17.2 Å². The summed E-state index contributed by atoms with van der Waals surface area (Å²) in [5, 5.41) is 10.7. The van der Waals surface area contributed by atoms with Crippen LogP contribution < -0.4 is 15.4 Å². The summed E-state index contributed by atoms with van der Waals surface area (Å²) in [5.74, 6) is -0.0909. The number of rotatable bonds is 6. The molecule has 0 bridgehead atoms. The Hall–Kier alpha value is -4.02. The number of nitrogens with one attached hydrogen (secondary N) is 2. The van der Waals surface area contributed by atoms with Crippen molar-refractivity contribution in [2.75, 3.05) is 38.4 Å². The molecule has 0 aromatic carbocycles. The zero-order valence-electron chi connectivity index (χ0n) is 17.4. The summed E-state index contributed by atoms with van der Waals surface area (Å²) in [6.45, 7) is 0.652. The zero-order valence-corrected chi connectivity index (χ0v) is 17.4. The van der Waals surface area contributed by atoms with Crippen LogP contribution in [0.4, 0.5) is 17.2 Å². The Morgan fingerprint density at radius 3 is 2.90 bits per heavy atom. The smallest absolute Gasteiger partial charge is 0.296 e. The zero-order chi connectivity index (χ0) is 22.0. The summed E-state index contributed by atoms with van der Waals surface area (Å²) in [6, 6.07) is 5.33. The first-order valence-electron chi connectivity index (χ1n) is 9.68. The van der Waals surface area contributed by atoms with Gasteiger partial charge in [-0.1, -0.05) is 0 Å². The number of aromatic nitrogens is 4. The molecule has 1 fully saturated rings. The van der Waals surface area contributed by atoms with Crippen molar-refractivity contribution >= 4 is 40.9 Å². The van der Waals surface area contributed by atoms with Crippen molar-refractivity contribution in [3.8, 4) is 5.88 Å². The van der Waals surface area contributed by atoms with E-state index in [0.29, 0.717) is 41.7 Å². The fourth-order valence-electron chi connectivity index (χ4n) is 3.36. The average Bonchev–Trinajstić information content (AvgIpc) is 3.35. The Morgan fingerprint density at radius 2 is 2.19 bits per heavy atom. The largest absolute Gasteiger partial charge is 0.480 e. The summed E-state index contributed by atoms with van der Waals surface area (Å²) >= 11 is 0. The van der Waals surface area contributed by atoms with Gasteiger partial charge in [-0.2, -0.15) is 0 Å². The third-order valence-corrected chi connectivity index (χ3v) is 5.02. The molecule has 1 aliphatic heterocycles. The van der Waals surface area contributed by atoms with E-state index in [2.05, 4.69) is 30.7 Å². The van der Waals surface area contributed by atoms with Crippen molar-refractivity contribution < 1.29 is 14.3 Å². The van der Waals surface area contributed by atoms with E-state index in [4.69, 9.17) is 4.74 Å². The third kappa shape index (κ3) is 3.89. The number of aliphatic imine (C=N–C) groups is 1. The number of pyridine rings is 1. The molecule has 0 spiro atoms. The van der Waals surface area contributed by atoms with Gasteiger partial charge < -0.3 is 20.3 Å². The van der Waals surface area contributed by atoms with Crippen LogP contribution in [0.5, 0.6) is 5.88 Å².